The predicted molar refractivity (Wildman–Crippen MR) is 146 cm³/mol. The van der Waals surface area contributed by atoms with Gasteiger partial charge < -0.3 is 14.7 Å². The molecule has 2 aromatic carbocycles. The number of aryl methyl sites for hydroxylation is 1. The number of hydrogen-bond acceptors (Lipinski definition) is 4. The van der Waals surface area contributed by atoms with Crippen LogP contribution < -0.4 is 4.74 Å². The molecule has 40 heavy (non-hydrogen) atoms. The molecule has 0 unspecified atom stereocenters. The predicted octanol–water partition coefficient (Wildman–Crippen LogP) is 7.49. The molecule has 1 aromatic heterocycles. The third-order valence-electron chi connectivity index (χ3n) is 7.97. The first-order chi connectivity index (χ1) is 19.1. The van der Waals surface area contributed by atoms with Crippen LogP contribution in [0.3, 0.4) is 0 Å². The van der Waals surface area contributed by atoms with E-state index in [1.54, 1.807) is 37.6 Å². The highest BCUT2D eigenvalue weighted by Crippen LogP contribution is 2.36. The number of unbranched alkanes of at least 4 members (excludes halogenated alkanes) is 1. The standard InChI is InChI=1S/C31H36F4N2O3/c1-40-25-9-11-29-27(19-25)26(12-14-36-29)28(32)10-8-22-13-16-37(20-23(22)18-30(38)39)15-3-2-5-21-6-4-7-24(17-21)31(33,34)35/h4,6-7,9,11-12,14,17,19,22-23,28H,2-3,5,8,10,13,15-16,18,20H2,1H3,(H,38,39)/t22-,23+,28+/m1/s1. The highest BCUT2D eigenvalue weighted by molar-refractivity contribution is 5.83. The van der Waals surface area contributed by atoms with Crippen LogP contribution in [-0.4, -0.2) is 47.7 Å². The van der Waals surface area contributed by atoms with Gasteiger partial charge in [-0.25, -0.2) is 4.39 Å². The summed E-state index contributed by atoms with van der Waals surface area (Å²) in [6, 6.07) is 12.5. The number of methoxy groups -OCH3 is 1. The molecule has 0 bridgehead atoms. The number of benzene rings is 2. The SMILES string of the molecule is COc1ccc2nccc([C@@H](F)CC[C@@H]3CCN(CCCCc4cccc(C(F)(F)F)c4)C[C@@H]3CC(=O)O)c2c1. The first-order valence-electron chi connectivity index (χ1n) is 13.8. The van der Waals surface area contributed by atoms with Crippen molar-refractivity contribution >= 4 is 16.9 Å². The van der Waals surface area contributed by atoms with Crippen LogP contribution in [0.4, 0.5) is 17.6 Å². The van der Waals surface area contributed by atoms with Crippen molar-refractivity contribution in [2.75, 3.05) is 26.7 Å². The monoisotopic (exact) mass is 560 g/mol. The average molecular weight is 561 g/mol. The Morgan fingerprint density at radius 2 is 1.98 bits per heavy atom. The van der Waals surface area contributed by atoms with Crippen LogP contribution in [0, 0.1) is 11.8 Å². The van der Waals surface area contributed by atoms with Crippen molar-refractivity contribution in [3.05, 3.63) is 71.4 Å². The normalized spacial score (nSPS) is 19.0. The van der Waals surface area contributed by atoms with Crippen LogP contribution in [0.25, 0.3) is 10.9 Å². The molecule has 1 saturated heterocycles. The Labute approximate surface area is 232 Å². The summed E-state index contributed by atoms with van der Waals surface area (Å²) in [5, 5.41) is 10.2. The molecule has 0 saturated carbocycles. The van der Waals surface area contributed by atoms with Crippen LogP contribution >= 0.6 is 0 Å². The molecule has 3 atom stereocenters. The number of fused-ring (bicyclic) bond motifs is 1. The summed E-state index contributed by atoms with van der Waals surface area (Å²) in [5.41, 5.74) is 1.30. The molecule has 2 heterocycles. The zero-order chi connectivity index (χ0) is 28.7. The molecule has 9 heteroatoms. The molecule has 0 amide bonds. The largest absolute Gasteiger partial charge is 0.497 e. The number of carbonyl (C=O) groups is 1. The molecule has 0 aliphatic carbocycles. The molecule has 1 N–H and O–H groups in total. The summed E-state index contributed by atoms with van der Waals surface area (Å²) in [6.07, 6.45) is -0.0868. The number of alkyl halides is 4. The van der Waals surface area contributed by atoms with Gasteiger partial charge >= 0.3 is 12.1 Å². The fraction of sp³-hybridized carbons (Fsp3) is 0.484. The zero-order valence-corrected chi connectivity index (χ0v) is 22.7. The summed E-state index contributed by atoms with van der Waals surface area (Å²) in [6.45, 7) is 2.20. The van der Waals surface area contributed by atoms with E-state index < -0.39 is 23.9 Å². The van der Waals surface area contributed by atoms with E-state index in [1.807, 2.05) is 6.07 Å². The fourth-order valence-corrected chi connectivity index (χ4v) is 5.83. The first kappa shape index (κ1) is 29.8. The maximum absolute atomic E-state index is 15.5. The summed E-state index contributed by atoms with van der Waals surface area (Å²) >= 11 is 0. The minimum Gasteiger partial charge on any atom is -0.497 e. The third-order valence-corrected chi connectivity index (χ3v) is 7.97. The molecule has 216 valence electrons. The van der Waals surface area contributed by atoms with E-state index in [-0.39, 0.29) is 18.3 Å². The van der Waals surface area contributed by atoms with Crippen LogP contribution in [0.5, 0.6) is 5.75 Å². The van der Waals surface area contributed by atoms with Gasteiger partial charge in [0.15, 0.2) is 0 Å². The number of nitrogens with zero attached hydrogens (tertiary/aromatic N) is 2. The first-order valence-corrected chi connectivity index (χ1v) is 13.8. The van der Waals surface area contributed by atoms with Crippen molar-refractivity contribution in [2.24, 2.45) is 11.8 Å². The minimum absolute atomic E-state index is 0.0394. The number of halogens is 4. The van der Waals surface area contributed by atoms with Crippen molar-refractivity contribution in [3.63, 3.8) is 0 Å². The third kappa shape index (κ3) is 7.93. The van der Waals surface area contributed by atoms with E-state index in [4.69, 9.17) is 4.74 Å². The lowest BCUT2D eigenvalue weighted by atomic mass is 9.79. The number of pyridine rings is 1. The maximum Gasteiger partial charge on any atom is 0.416 e. The highest BCUT2D eigenvalue weighted by atomic mass is 19.4. The smallest absolute Gasteiger partial charge is 0.416 e. The zero-order valence-electron chi connectivity index (χ0n) is 22.7. The highest BCUT2D eigenvalue weighted by Gasteiger charge is 2.32. The van der Waals surface area contributed by atoms with Crippen molar-refractivity contribution in [2.45, 2.75) is 57.3 Å². The number of hydrogen-bond donors (Lipinski definition) is 1. The molecule has 1 aliphatic heterocycles. The Morgan fingerprint density at radius 3 is 2.73 bits per heavy atom. The molecular weight excluding hydrogens is 524 g/mol. The quantitative estimate of drug-likeness (QED) is 0.184. The van der Waals surface area contributed by atoms with E-state index >= 15 is 4.39 Å². The van der Waals surface area contributed by atoms with Crippen LogP contribution in [0.2, 0.25) is 0 Å². The molecule has 0 radical (unpaired) electrons. The topological polar surface area (TPSA) is 62.7 Å². The Balaban J connectivity index is 1.29. The second-order valence-electron chi connectivity index (χ2n) is 10.7. The molecule has 5 nitrogen and oxygen atoms in total. The lowest BCUT2D eigenvalue weighted by molar-refractivity contribution is -0.139. The van der Waals surface area contributed by atoms with E-state index in [9.17, 15) is 23.1 Å². The van der Waals surface area contributed by atoms with Gasteiger partial charge in [-0.1, -0.05) is 18.2 Å². The number of ether oxygens (including phenoxy) is 1. The number of carboxylic acids is 1. The Morgan fingerprint density at radius 1 is 1.15 bits per heavy atom. The van der Waals surface area contributed by atoms with Crippen LogP contribution in [-0.2, 0) is 17.4 Å². The Hall–Kier alpha value is -3.20. The summed E-state index contributed by atoms with van der Waals surface area (Å²) in [4.78, 5) is 18.2. The van der Waals surface area contributed by atoms with Gasteiger partial charge in [-0.2, -0.15) is 13.2 Å². The second-order valence-corrected chi connectivity index (χ2v) is 10.7. The molecule has 4 rings (SSSR count). The fourth-order valence-electron chi connectivity index (χ4n) is 5.83. The molecule has 0 spiro atoms. The van der Waals surface area contributed by atoms with Crippen LogP contribution in [0.1, 0.15) is 61.4 Å². The Kier molecular flexibility index (Phi) is 10.0. The van der Waals surface area contributed by atoms with E-state index in [0.717, 1.165) is 43.8 Å². The molecule has 1 fully saturated rings. The maximum atomic E-state index is 15.5. The summed E-state index contributed by atoms with van der Waals surface area (Å²) < 4.78 is 59.7. The van der Waals surface area contributed by atoms with Crippen molar-refractivity contribution in [3.8, 4) is 5.75 Å². The molecular formula is C31H36F4N2O3. The molecule has 1 aliphatic rings. The number of piperidine rings is 1. The lowest BCUT2D eigenvalue weighted by Crippen LogP contribution is -2.41. The van der Waals surface area contributed by atoms with Gasteiger partial charge in [0.1, 0.15) is 11.9 Å². The van der Waals surface area contributed by atoms with Gasteiger partial charge in [0.25, 0.3) is 0 Å². The number of carboxylic acid groups (broad SMARTS) is 1. The number of rotatable bonds is 12. The van der Waals surface area contributed by atoms with Gasteiger partial charge in [-0.3, -0.25) is 9.78 Å². The number of aliphatic carboxylic acids is 1. The van der Waals surface area contributed by atoms with Crippen molar-refractivity contribution < 1.29 is 32.2 Å². The van der Waals surface area contributed by atoms with E-state index in [1.165, 1.54) is 12.1 Å². The van der Waals surface area contributed by atoms with Crippen molar-refractivity contribution in [1.29, 1.82) is 0 Å². The van der Waals surface area contributed by atoms with E-state index in [2.05, 4.69) is 9.88 Å². The number of aromatic nitrogens is 1. The second kappa shape index (κ2) is 13.4. The van der Waals surface area contributed by atoms with Crippen LogP contribution in [0.15, 0.2) is 54.7 Å². The average Bonchev–Trinajstić information content (AvgIpc) is 2.93. The van der Waals surface area contributed by atoms with Gasteiger partial charge in [0, 0.05) is 24.5 Å². The minimum atomic E-state index is -4.35. The van der Waals surface area contributed by atoms with Gasteiger partial charge in [0.05, 0.1) is 18.2 Å². The summed E-state index contributed by atoms with van der Waals surface area (Å²) in [5.74, 6) is -0.183. The molecule has 3 aromatic rings. The van der Waals surface area contributed by atoms with Crippen molar-refractivity contribution in [1.82, 2.24) is 9.88 Å². The van der Waals surface area contributed by atoms with Gasteiger partial charge in [-0.05, 0) is 105 Å². The van der Waals surface area contributed by atoms with E-state index in [0.29, 0.717) is 48.2 Å². The lowest BCUT2D eigenvalue weighted by Gasteiger charge is -2.38. The number of likely N-dealkylation sites (tertiary alicyclic amines) is 1. The van der Waals surface area contributed by atoms with Gasteiger partial charge in [-0.15, -0.1) is 0 Å². The van der Waals surface area contributed by atoms with Gasteiger partial charge in [0.2, 0.25) is 0 Å². The Bertz CT molecular complexity index is 1280. The summed E-state index contributed by atoms with van der Waals surface area (Å²) in [7, 11) is 1.56.